The summed E-state index contributed by atoms with van der Waals surface area (Å²) in [5.41, 5.74) is 0.891. The summed E-state index contributed by atoms with van der Waals surface area (Å²) >= 11 is 9.95. The molecule has 0 aromatic heterocycles. The molecule has 2 fully saturated rings. The minimum atomic E-state index is -3.05. The van der Waals surface area contributed by atoms with Gasteiger partial charge in [-0.1, -0.05) is 58.1 Å². The number of sulfone groups is 1. The van der Waals surface area contributed by atoms with Crippen LogP contribution in [0, 0.1) is 0 Å². The smallest absolute Gasteiger partial charge is 0.266 e. The first-order valence-electron chi connectivity index (χ1n) is 6.59. The van der Waals surface area contributed by atoms with Crippen LogP contribution in [0.4, 0.5) is 0 Å². The normalized spacial score (nSPS) is 26.1. The Morgan fingerprint density at radius 2 is 2.09 bits per heavy atom. The molecular formula is C14H12BrNO3S3. The summed E-state index contributed by atoms with van der Waals surface area (Å²) in [5, 5.41) is 0. The molecule has 0 bridgehead atoms. The monoisotopic (exact) mass is 417 g/mol. The molecule has 2 heterocycles. The number of halogens is 1. The first-order valence-corrected chi connectivity index (χ1v) is 10.4. The zero-order chi connectivity index (χ0) is 15.9. The topological polar surface area (TPSA) is 54.5 Å². The van der Waals surface area contributed by atoms with Crippen molar-refractivity contribution in [1.82, 2.24) is 4.90 Å². The summed E-state index contributed by atoms with van der Waals surface area (Å²) in [6.45, 7) is 0. The Bertz CT molecular complexity index is 788. The molecule has 4 nitrogen and oxygen atoms in total. The third kappa shape index (κ3) is 3.15. The summed E-state index contributed by atoms with van der Waals surface area (Å²) in [7, 11) is -3.05. The molecule has 0 saturated carbocycles. The fourth-order valence-corrected chi connectivity index (χ4v) is 6.00. The predicted octanol–water partition coefficient (Wildman–Crippen LogP) is 2.84. The fourth-order valence-electron chi connectivity index (χ4n) is 2.51. The molecule has 3 rings (SSSR count). The Hall–Kier alpha value is -0.700. The van der Waals surface area contributed by atoms with Gasteiger partial charge in [0.1, 0.15) is 4.32 Å². The molecule has 0 N–H and O–H groups in total. The third-order valence-corrected chi connectivity index (χ3v) is 7.39. The minimum Gasteiger partial charge on any atom is -0.289 e. The van der Waals surface area contributed by atoms with E-state index in [1.165, 1.54) is 16.7 Å². The van der Waals surface area contributed by atoms with Crippen molar-refractivity contribution in [3.05, 3.63) is 39.2 Å². The van der Waals surface area contributed by atoms with Crippen molar-refractivity contribution in [2.75, 3.05) is 11.5 Å². The van der Waals surface area contributed by atoms with Crippen molar-refractivity contribution >= 4 is 66.1 Å². The zero-order valence-electron chi connectivity index (χ0n) is 11.4. The molecule has 1 aromatic rings. The molecule has 0 radical (unpaired) electrons. The van der Waals surface area contributed by atoms with Crippen LogP contribution < -0.4 is 0 Å². The van der Waals surface area contributed by atoms with Crippen LogP contribution in [-0.2, 0) is 14.6 Å². The standard InChI is InChI=1S/C14H12BrNO3S3/c15-11-4-2-1-3-9(11)7-12-13(17)16(14(20)21-12)10-5-6-22(18,19)8-10/h1-4,7,10H,5-6,8H2/b12-7+/t10-/m0/s1. The Labute approximate surface area is 147 Å². The van der Waals surface area contributed by atoms with Crippen molar-refractivity contribution in [3.8, 4) is 0 Å². The maximum Gasteiger partial charge on any atom is 0.266 e. The lowest BCUT2D eigenvalue weighted by Gasteiger charge is -2.20. The largest absolute Gasteiger partial charge is 0.289 e. The second-order valence-electron chi connectivity index (χ2n) is 5.13. The van der Waals surface area contributed by atoms with Crippen LogP contribution in [-0.4, -0.2) is 41.1 Å². The lowest BCUT2D eigenvalue weighted by Crippen LogP contribution is -2.39. The van der Waals surface area contributed by atoms with Crippen LogP contribution in [0.1, 0.15) is 12.0 Å². The number of thioether (sulfide) groups is 1. The average Bonchev–Trinajstić information content (AvgIpc) is 2.92. The molecule has 0 spiro atoms. The SMILES string of the molecule is O=C1/C(=C\c2ccccc2Br)SC(=S)N1[C@H]1CCS(=O)(=O)C1. The Balaban J connectivity index is 1.88. The Morgan fingerprint density at radius 3 is 2.73 bits per heavy atom. The molecule has 2 aliphatic rings. The lowest BCUT2D eigenvalue weighted by atomic mass is 10.2. The van der Waals surface area contributed by atoms with Crippen molar-refractivity contribution in [3.63, 3.8) is 0 Å². The van der Waals surface area contributed by atoms with Gasteiger partial charge in [-0.3, -0.25) is 9.69 Å². The molecule has 116 valence electrons. The van der Waals surface area contributed by atoms with Crippen LogP contribution in [0.3, 0.4) is 0 Å². The number of nitrogens with zero attached hydrogens (tertiary/aromatic N) is 1. The van der Waals surface area contributed by atoms with Crippen molar-refractivity contribution < 1.29 is 13.2 Å². The highest BCUT2D eigenvalue weighted by Crippen LogP contribution is 2.36. The van der Waals surface area contributed by atoms with Crippen LogP contribution in [0.15, 0.2) is 33.6 Å². The van der Waals surface area contributed by atoms with Crippen molar-refractivity contribution in [1.29, 1.82) is 0 Å². The number of thiocarbonyl (C=S) groups is 1. The van der Waals surface area contributed by atoms with Gasteiger partial charge < -0.3 is 0 Å². The van der Waals surface area contributed by atoms with Gasteiger partial charge >= 0.3 is 0 Å². The molecule has 0 unspecified atom stereocenters. The van der Waals surface area contributed by atoms with E-state index in [0.717, 1.165) is 10.0 Å². The number of rotatable bonds is 2. The molecular weight excluding hydrogens is 406 g/mol. The van der Waals surface area contributed by atoms with E-state index in [-0.39, 0.29) is 23.5 Å². The van der Waals surface area contributed by atoms with E-state index >= 15 is 0 Å². The van der Waals surface area contributed by atoms with Gasteiger partial charge in [-0.2, -0.15) is 0 Å². The minimum absolute atomic E-state index is 0.00174. The quantitative estimate of drug-likeness (QED) is 0.546. The van der Waals surface area contributed by atoms with E-state index < -0.39 is 9.84 Å². The highest BCUT2D eigenvalue weighted by molar-refractivity contribution is 9.10. The second kappa shape index (κ2) is 6.07. The van der Waals surface area contributed by atoms with Crippen molar-refractivity contribution in [2.45, 2.75) is 12.5 Å². The van der Waals surface area contributed by atoms with Gasteiger partial charge in [0.15, 0.2) is 9.84 Å². The number of hydrogen-bond donors (Lipinski definition) is 0. The van der Waals surface area contributed by atoms with Crippen LogP contribution in [0.5, 0.6) is 0 Å². The summed E-state index contributed by atoms with van der Waals surface area (Å²) < 4.78 is 24.6. The van der Waals surface area contributed by atoms with E-state index in [9.17, 15) is 13.2 Å². The van der Waals surface area contributed by atoms with Gasteiger partial charge in [0, 0.05) is 4.47 Å². The van der Waals surface area contributed by atoms with Crippen LogP contribution in [0.25, 0.3) is 6.08 Å². The highest BCUT2D eigenvalue weighted by Gasteiger charge is 2.42. The number of hydrogen-bond acceptors (Lipinski definition) is 5. The summed E-state index contributed by atoms with van der Waals surface area (Å²) in [6.07, 6.45) is 2.24. The molecule has 8 heteroatoms. The van der Waals surface area contributed by atoms with Crippen molar-refractivity contribution in [2.24, 2.45) is 0 Å². The van der Waals surface area contributed by atoms with Gasteiger partial charge in [-0.05, 0) is 24.1 Å². The third-order valence-electron chi connectivity index (χ3n) is 3.59. The number of carbonyl (C=O) groups excluding carboxylic acids is 1. The fraction of sp³-hybridized carbons (Fsp3) is 0.286. The molecule has 2 saturated heterocycles. The van der Waals surface area contributed by atoms with Gasteiger partial charge in [-0.25, -0.2) is 8.42 Å². The molecule has 22 heavy (non-hydrogen) atoms. The first-order chi connectivity index (χ1) is 10.4. The number of benzene rings is 1. The van der Waals surface area contributed by atoms with E-state index in [1.54, 1.807) is 6.08 Å². The van der Waals surface area contributed by atoms with Gasteiger partial charge in [0.05, 0.1) is 22.5 Å². The van der Waals surface area contributed by atoms with E-state index in [0.29, 0.717) is 15.6 Å². The summed E-state index contributed by atoms with van der Waals surface area (Å²) in [5.74, 6) is -0.0763. The predicted molar refractivity (Wildman–Crippen MR) is 96.2 cm³/mol. The van der Waals surface area contributed by atoms with Crippen LogP contribution >= 0.6 is 39.9 Å². The summed E-state index contributed by atoms with van der Waals surface area (Å²) in [4.78, 5) is 14.6. The molecule has 1 amide bonds. The van der Waals surface area contributed by atoms with E-state index in [1.807, 2.05) is 24.3 Å². The Kier molecular flexibility index (Phi) is 4.46. The van der Waals surface area contributed by atoms with E-state index in [4.69, 9.17) is 12.2 Å². The highest BCUT2D eigenvalue weighted by atomic mass is 79.9. The number of carbonyl (C=O) groups is 1. The maximum atomic E-state index is 12.6. The van der Waals surface area contributed by atoms with Gasteiger partial charge in [0.25, 0.3) is 5.91 Å². The maximum absolute atomic E-state index is 12.6. The molecule has 1 atom stereocenters. The molecule has 2 aliphatic heterocycles. The lowest BCUT2D eigenvalue weighted by molar-refractivity contribution is -0.123. The average molecular weight is 418 g/mol. The Morgan fingerprint density at radius 1 is 1.36 bits per heavy atom. The second-order valence-corrected chi connectivity index (χ2v) is 9.89. The first kappa shape index (κ1) is 16.2. The molecule has 1 aromatic carbocycles. The van der Waals surface area contributed by atoms with Gasteiger partial charge in [0.2, 0.25) is 0 Å². The molecule has 0 aliphatic carbocycles. The van der Waals surface area contributed by atoms with Gasteiger partial charge in [-0.15, -0.1) is 0 Å². The van der Waals surface area contributed by atoms with E-state index in [2.05, 4.69) is 15.9 Å². The van der Waals surface area contributed by atoms with Crippen LogP contribution in [0.2, 0.25) is 0 Å². The zero-order valence-corrected chi connectivity index (χ0v) is 15.4. The summed E-state index contributed by atoms with van der Waals surface area (Å²) in [6, 6.07) is 7.26. The number of amides is 1.